The van der Waals surface area contributed by atoms with E-state index in [2.05, 4.69) is 10.7 Å². The first-order valence-electron chi connectivity index (χ1n) is 12.5. The van der Waals surface area contributed by atoms with E-state index in [0.717, 1.165) is 11.1 Å². The van der Waals surface area contributed by atoms with E-state index in [9.17, 15) is 14.7 Å². The number of nitrogens with one attached hydrogen (secondary N) is 2. The number of ether oxygens (including phenoxy) is 1. The number of likely N-dealkylation sites (N-methyl/N-ethyl adjacent to an activating group) is 1. The summed E-state index contributed by atoms with van der Waals surface area (Å²) >= 11 is 0. The van der Waals surface area contributed by atoms with Gasteiger partial charge < -0.3 is 15.2 Å². The van der Waals surface area contributed by atoms with E-state index in [1.807, 2.05) is 85.9 Å². The Kier molecular flexibility index (Phi) is 9.44. The minimum absolute atomic E-state index is 0.0280. The van der Waals surface area contributed by atoms with E-state index in [0.29, 0.717) is 18.5 Å². The summed E-state index contributed by atoms with van der Waals surface area (Å²) in [6, 6.07) is 27.8. The van der Waals surface area contributed by atoms with E-state index in [-0.39, 0.29) is 17.0 Å². The number of hydrogen-bond donors (Lipinski definition) is 3. The van der Waals surface area contributed by atoms with E-state index >= 15 is 0 Å². The lowest BCUT2D eigenvalue weighted by Gasteiger charge is -2.37. The smallest absolute Gasteiger partial charge is 0.407 e. The zero-order chi connectivity index (χ0) is 26.9. The van der Waals surface area contributed by atoms with Crippen LogP contribution in [0.3, 0.4) is 0 Å². The highest BCUT2D eigenvalue weighted by Crippen LogP contribution is 2.16. The minimum Gasteiger partial charge on any atom is -0.444 e. The van der Waals surface area contributed by atoms with Gasteiger partial charge in [-0.3, -0.25) is 4.79 Å². The summed E-state index contributed by atoms with van der Waals surface area (Å²) in [5.74, 6) is -0.244. The molecule has 37 heavy (non-hydrogen) atoms. The topological polar surface area (TPSA) is 87.7 Å². The van der Waals surface area contributed by atoms with Gasteiger partial charge in [-0.05, 0) is 44.9 Å². The minimum atomic E-state index is -0.988. The van der Waals surface area contributed by atoms with Gasteiger partial charge in [-0.15, -0.1) is 0 Å². The zero-order valence-electron chi connectivity index (χ0n) is 22.1. The fourth-order valence-corrected chi connectivity index (χ4v) is 4.19. The van der Waals surface area contributed by atoms with Crippen LogP contribution in [0.1, 0.15) is 42.3 Å². The summed E-state index contributed by atoms with van der Waals surface area (Å²) < 4.78 is 5.50. The van der Waals surface area contributed by atoms with Crippen LogP contribution in [-0.4, -0.2) is 53.0 Å². The Bertz CT molecular complexity index is 1130. The van der Waals surface area contributed by atoms with Gasteiger partial charge in [0.2, 0.25) is 0 Å². The Morgan fingerprint density at radius 2 is 1.38 bits per heavy atom. The second-order valence-electron chi connectivity index (χ2n) is 10.5. The van der Waals surface area contributed by atoms with Crippen molar-refractivity contribution in [2.24, 2.45) is 0 Å². The molecule has 0 saturated carbocycles. The van der Waals surface area contributed by atoms with Crippen molar-refractivity contribution < 1.29 is 24.0 Å². The Morgan fingerprint density at radius 1 is 0.865 bits per heavy atom. The van der Waals surface area contributed by atoms with Gasteiger partial charge in [0, 0.05) is 11.1 Å². The van der Waals surface area contributed by atoms with Crippen LogP contribution in [0.4, 0.5) is 4.79 Å². The molecule has 3 atom stereocenters. The summed E-state index contributed by atoms with van der Waals surface area (Å²) in [6.07, 6.45) is -1.19. The standard InChI is InChI=1S/C30H37N3O4/c1-30(2,3)37-29(36)31-26(20-23-14-8-5-9-15-23)27(34)22-33(4,21-24-16-10-6-11-17-24)32-28(35)25-18-12-7-13-19-25/h5-19,26-27,34H,20-22H2,1-4H3,(H-,31,32,35,36)/p+1/t26-,27-,33?/m0/s1. The number of carbonyl (C=O) groups excluding carboxylic acids is 2. The average Bonchev–Trinajstić information content (AvgIpc) is 2.84. The second kappa shape index (κ2) is 12.5. The van der Waals surface area contributed by atoms with Gasteiger partial charge in [-0.25, -0.2) is 9.39 Å². The van der Waals surface area contributed by atoms with Gasteiger partial charge in [0.05, 0.1) is 13.1 Å². The van der Waals surface area contributed by atoms with Crippen molar-refractivity contribution in [2.75, 3.05) is 13.6 Å². The van der Waals surface area contributed by atoms with Gasteiger partial charge in [0.1, 0.15) is 24.8 Å². The van der Waals surface area contributed by atoms with Crippen LogP contribution in [0.15, 0.2) is 91.0 Å². The van der Waals surface area contributed by atoms with Gasteiger partial charge in [-0.2, -0.15) is 5.43 Å². The Hall–Kier alpha value is -3.68. The van der Waals surface area contributed by atoms with Crippen molar-refractivity contribution in [1.29, 1.82) is 0 Å². The fourth-order valence-electron chi connectivity index (χ4n) is 4.19. The number of aliphatic hydroxyl groups is 1. The van der Waals surface area contributed by atoms with E-state index in [1.165, 1.54) is 0 Å². The highest BCUT2D eigenvalue weighted by molar-refractivity contribution is 5.93. The number of quaternary nitrogens is 1. The van der Waals surface area contributed by atoms with Crippen LogP contribution in [0, 0.1) is 0 Å². The number of benzene rings is 3. The number of rotatable bonds is 10. The Morgan fingerprint density at radius 3 is 1.92 bits per heavy atom. The van der Waals surface area contributed by atoms with Crippen molar-refractivity contribution in [1.82, 2.24) is 10.7 Å². The molecule has 2 amide bonds. The molecule has 0 aliphatic heterocycles. The van der Waals surface area contributed by atoms with E-state index in [4.69, 9.17) is 4.74 Å². The van der Waals surface area contributed by atoms with Crippen LogP contribution in [-0.2, 0) is 17.7 Å². The molecular weight excluding hydrogens is 466 g/mol. The molecule has 7 nitrogen and oxygen atoms in total. The first-order chi connectivity index (χ1) is 17.5. The normalized spacial score (nSPS) is 14.6. The third-order valence-electron chi connectivity index (χ3n) is 5.84. The van der Waals surface area contributed by atoms with Gasteiger partial charge in [0.25, 0.3) is 5.91 Å². The number of amides is 2. The van der Waals surface area contributed by atoms with Crippen molar-refractivity contribution in [2.45, 2.75) is 51.5 Å². The summed E-state index contributed by atoms with van der Waals surface area (Å²) in [5, 5.41) is 14.3. The molecule has 196 valence electrons. The van der Waals surface area contributed by atoms with Crippen molar-refractivity contribution in [3.8, 4) is 0 Å². The molecule has 3 rings (SSSR count). The first-order valence-corrected chi connectivity index (χ1v) is 12.5. The van der Waals surface area contributed by atoms with Crippen LogP contribution in [0.25, 0.3) is 0 Å². The number of carbonyl (C=O) groups is 2. The van der Waals surface area contributed by atoms with Crippen LogP contribution in [0.2, 0.25) is 0 Å². The molecule has 0 aromatic heterocycles. The SMILES string of the molecule is CC(C)(C)OC(=O)N[C@@H](Cc1ccccc1)[C@@H](O)C[N+](C)(Cc1ccccc1)NC(=O)c1ccccc1. The number of alkyl carbamates (subject to hydrolysis) is 1. The van der Waals surface area contributed by atoms with Crippen LogP contribution < -0.4 is 10.7 Å². The molecule has 3 N–H and O–H groups in total. The Labute approximate surface area is 219 Å². The largest absolute Gasteiger partial charge is 0.444 e. The van der Waals surface area contributed by atoms with Crippen molar-refractivity contribution in [3.05, 3.63) is 108 Å². The molecule has 0 heterocycles. The lowest BCUT2D eigenvalue weighted by molar-refractivity contribution is -0.958. The average molecular weight is 505 g/mol. The maximum Gasteiger partial charge on any atom is 0.407 e. The number of aliphatic hydroxyl groups excluding tert-OH is 1. The highest BCUT2D eigenvalue weighted by atomic mass is 16.6. The van der Waals surface area contributed by atoms with E-state index < -0.39 is 23.8 Å². The van der Waals surface area contributed by atoms with Crippen LogP contribution >= 0.6 is 0 Å². The van der Waals surface area contributed by atoms with Crippen LogP contribution in [0.5, 0.6) is 0 Å². The second-order valence-corrected chi connectivity index (χ2v) is 10.5. The molecule has 7 heteroatoms. The van der Waals surface area contributed by atoms with E-state index in [1.54, 1.807) is 32.9 Å². The fraction of sp³-hybridized carbons (Fsp3) is 0.333. The molecular formula is C30H38N3O4+. The number of nitrogens with zero attached hydrogens (tertiary/aromatic N) is 1. The number of hydrogen-bond acceptors (Lipinski definition) is 4. The maximum absolute atomic E-state index is 13.1. The molecule has 0 aliphatic rings. The summed E-state index contributed by atoms with van der Waals surface area (Å²) in [5.41, 5.74) is 4.92. The van der Waals surface area contributed by atoms with Gasteiger partial charge >= 0.3 is 6.09 Å². The zero-order valence-corrected chi connectivity index (χ0v) is 22.1. The molecule has 1 unspecified atom stereocenters. The molecule has 0 radical (unpaired) electrons. The van der Waals surface area contributed by atoms with Crippen molar-refractivity contribution in [3.63, 3.8) is 0 Å². The monoisotopic (exact) mass is 504 g/mol. The summed E-state index contributed by atoms with van der Waals surface area (Å²) in [6.45, 7) is 5.98. The molecule has 0 bridgehead atoms. The molecule has 3 aromatic carbocycles. The van der Waals surface area contributed by atoms with Gasteiger partial charge in [-0.1, -0.05) is 78.9 Å². The molecule has 3 aromatic rings. The molecule has 0 fully saturated rings. The summed E-state index contributed by atoms with van der Waals surface area (Å²) in [7, 11) is 1.87. The first kappa shape index (κ1) is 27.9. The predicted molar refractivity (Wildman–Crippen MR) is 144 cm³/mol. The molecule has 0 aliphatic carbocycles. The van der Waals surface area contributed by atoms with Crippen molar-refractivity contribution >= 4 is 12.0 Å². The van der Waals surface area contributed by atoms with Gasteiger partial charge in [0.15, 0.2) is 0 Å². The molecule has 0 saturated heterocycles. The lowest BCUT2D eigenvalue weighted by Crippen LogP contribution is -2.62. The lowest BCUT2D eigenvalue weighted by atomic mass is 10.0. The quantitative estimate of drug-likeness (QED) is 0.281. The highest BCUT2D eigenvalue weighted by Gasteiger charge is 2.34. The Balaban J connectivity index is 1.85. The third kappa shape index (κ3) is 9.37. The molecule has 0 spiro atoms. The predicted octanol–water partition coefficient (Wildman–Crippen LogP) is 4.48. The third-order valence-corrected chi connectivity index (χ3v) is 5.84. The summed E-state index contributed by atoms with van der Waals surface area (Å²) in [4.78, 5) is 25.8. The maximum atomic E-state index is 13.1.